The monoisotopic (exact) mass is 330 g/mol. The van der Waals surface area contributed by atoms with Gasteiger partial charge >= 0.3 is 5.97 Å². The number of benzene rings is 1. The lowest BCUT2D eigenvalue weighted by atomic mass is 10.00. The molecule has 0 aliphatic carbocycles. The number of para-hydroxylation sites is 1. The van der Waals surface area contributed by atoms with Gasteiger partial charge in [-0.2, -0.15) is 0 Å². The summed E-state index contributed by atoms with van der Waals surface area (Å²) in [5.74, 6) is -1.10. The molecule has 1 aromatic carbocycles. The highest BCUT2D eigenvalue weighted by molar-refractivity contribution is 5.97. The van der Waals surface area contributed by atoms with Gasteiger partial charge in [0, 0.05) is 31.6 Å². The summed E-state index contributed by atoms with van der Waals surface area (Å²) in [6, 6.07) is 7.01. The van der Waals surface area contributed by atoms with Gasteiger partial charge in [-0.3, -0.25) is 9.59 Å². The Balaban J connectivity index is 1.68. The molecular weight excluding hydrogens is 308 g/mol. The molecule has 2 aliphatic rings. The number of hydrogen-bond acceptors (Lipinski definition) is 3. The van der Waals surface area contributed by atoms with E-state index in [-0.39, 0.29) is 18.2 Å². The van der Waals surface area contributed by atoms with Gasteiger partial charge in [-0.05, 0) is 37.3 Å². The fraction of sp³-hybridized carbons (Fsp3) is 0.500. The molecule has 0 aromatic heterocycles. The lowest BCUT2D eigenvalue weighted by Gasteiger charge is -2.34. The number of carboxylic acids is 1. The predicted octanol–water partition coefficient (Wildman–Crippen LogP) is 1.82. The molecule has 0 spiro atoms. The fourth-order valence-electron chi connectivity index (χ4n) is 3.58. The van der Waals surface area contributed by atoms with Crippen LogP contribution in [0.15, 0.2) is 24.3 Å². The van der Waals surface area contributed by atoms with Crippen LogP contribution in [0.1, 0.15) is 37.7 Å². The molecule has 6 nitrogen and oxygen atoms in total. The summed E-state index contributed by atoms with van der Waals surface area (Å²) < 4.78 is 0. The predicted molar refractivity (Wildman–Crippen MR) is 88.7 cm³/mol. The minimum Gasteiger partial charge on any atom is -0.480 e. The molecule has 128 valence electrons. The van der Waals surface area contributed by atoms with E-state index in [0.717, 1.165) is 30.5 Å². The quantitative estimate of drug-likeness (QED) is 0.913. The topological polar surface area (TPSA) is 77.9 Å². The SMILES string of the molecule is O=C(O)[C@H]1CCCCN1C(=O)CCN1C(=O)CCc2ccccc21. The number of aryl methyl sites for hydroxylation is 1. The van der Waals surface area contributed by atoms with Gasteiger partial charge in [0.05, 0.1) is 0 Å². The van der Waals surface area contributed by atoms with Gasteiger partial charge in [-0.1, -0.05) is 18.2 Å². The van der Waals surface area contributed by atoms with Crippen molar-refractivity contribution in [1.82, 2.24) is 4.90 Å². The van der Waals surface area contributed by atoms with Crippen LogP contribution < -0.4 is 4.90 Å². The van der Waals surface area contributed by atoms with E-state index in [4.69, 9.17) is 0 Å². The van der Waals surface area contributed by atoms with Crippen molar-refractivity contribution in [3.8, 4) is 0 Å². The smallest absolute Gasteiger partial charge is 0.326 e. The number of piperidine rings is 1. The molecule has 0 bridgehead atoms. The Morgan fingerprint density at radius 2 is 1.96 bits per heavy atom. The molecule has 1 atom stereocenters. The van der Waals surface area contributed by atoms with Gasteiger partial charge in [0.25, 0.3) is 0 Å². The van der Waals surface area contributed by atoms with Crippen molar-refractivity contribution >= 4 is 23.5 Å². The number of nitrogens with zero attached hydrogens (tertiary/aromatic N) is 2. The molecule has 2 aliphatic heterocycles. The summed E-state index contributed by atoms with van der Waals surface area (Å²) in [6.07, 6.45) is 3.51. The lowest BCUT2D eigenvalue weighted by Crippen LogP contribution is -2.49. The number of carbonyl (C=O) groups excluding carboxylic acids is 2. The van der Waals surface area contributed by atoms with E-state index in [9.17, 15) is 19.5 Å². The van der Waals surface area contributed by atoms with Gasteiger partial charge in [-0.15, -0.1) is 0 Å². The van der Waals surface area contributed by atoms with Gasteiger partial charge < -0.3 is 14.9 Å². The molecule has 0 radical (unpaired) electrons. The Kier molecular flexibility index (Phi) is 4.83. The number of fused-ring (bicyclic) bond motifs is 1. The molecule has 6 heteroatoms. The van der Waals surface area contributed by atoms with Gasteiger partial charge in [0.1, 0.15) is 6.04 Å². The van der Waals surface area contributed by atoms with E-state index in [0.29, 0.717) is 25.9 Å². The largest absolute Gasteiger partial charge is 0.480 e. The summed E-state index contributed by atoms with van der Waals surface area (Å²) in [4.78, 5) is 39.2. The van der Waals surface area contributed by atoms with Crippen molar-refractivity contribution in [2.45, 2.75) is 44.6 Å². The number of amides is 2. The molecule has 24 heavy (non-hydrogen) atoms. The average Bonchev–Trinajstić information content (AvgIpc) is 2.60. The van der Waals surface area contributed by atoms with Crippen LogP contribution in [-0.2, 0) is 20.8 Å². The van der Waals surface area contributed by atoms with E-state index in [2.05, 4.69) is 0 Å². The standard InChI is InChI=1S/C18H22N2O4/c21-16-9-8-13-5-1-2-6-14(13)20(16)12-10-17(22)19-11-4-3-7-15(19)18(23)24/h1-2,5-6,15H,3-4,7-12H2,(H,23,24)/t15-/m1/s1. The molecule has 1 fully saturated rings. The van der Waals surface area contributed by atoms with Crippen LogP contribution in [-0.4, -0.2) is 46.9 Å². The fourth-order valence-corrected chi connectivity index (χ4v) is 3.58. The summed E-state index contributed by atoms with van der Waals surface area (Å²) in [6.45, 7) is 0.790. The number of likely N-dealkylation sites (tertiary alicyclic amines) is 1. The zero-order valence-electron chi connectivity index (χ0n) is 13.6. The van der Waals surface area contributed by atoms with Gasteiger partial charge in [0.2, 0.25) is 11.8 Å². The van der Waals surface area contributed by atoms with Crippen LogP contribution in [0, 0.1) is 0 Å². The Morgan fingerprint density at radius 1 is 1.17 bits per heavy atom. The first-order valence-corrected chi connectivity index (χ1v) is 8.48. The maximum absolute atomic E-state index is 12.5. The van der Waals surface area contributed by atoms with Crippen LogP contribution >= 0.6 is 0 Å². The summed E-state index contributed by atoms with van der Waals surface area (Å²) in [5.41, 5.74) is 1.99. The molecule has 1 N–H and O–H groups in total. The van der Waals surface area contributed by atoms with Crippen molar-refractivity contribution < 1.29 is 19.5 Å². The Labute approximate surface area is 141 Å². The van der Waals surface area contributed by atoms with Crippen LogP contribution in [0.5, 0.6) is 0 Å². The van der Waals surface area contributed by atoms with E-state index in [1.807, 2.05) is 24.3 Å². The minimum atomic E-state index is -0.942. The Hall–Kier alpha value is -2.37. The molecular formula is C18H22N2O4. The van der Waals surface area contributed by atoms with Crippen LogP contribution in [0.3, 0.4) is 0 Å². The van der Waals surface area contributed by atoms with Gasteiger partial charge in [-0.25, -0.2) is 4.79 Å². The van der Waals surface area contributed by atoms with E-state index in [1.165, 1.54) is 4.90 Å². The van der Waals surface area contributed by atoms with E-state index < -0.39 is 12.0 Å². The van der Waals surface area contributed by atoms with Crippen molar-refractivity contribution in [2.75, 3.05) is 18.0 Å². The third-order valence-corrected chi connectivity index (χ3v) is 4.85. The van der Waals surface area contributed by atoms with Crippen LogP contribution in [0.4, 0.5) is 5.69 Å². The van der Waals surface area contributed by atoms with Crippen molar-refractivity contribution in [3.63, 3.8) is 0 Å². The zero-order chi connectivity index (χ0) is 17.1. The van der Waals surface area contributed by atoms with Gasteiger partial charge in [0.15, 0.2) is 0 Å². The summed E-state index contributed by atoms with van der Waals surface area (Å²) in [7, 11) is 0. The first-order chi connectivity index (χ1) is 11.6. The average molecular weight is 330 g/mol. The molecule has 2 heterocycles. The van der Waals surface area contributed by atoms with Crippen LogP contribution in [0.25, 0.3) is 0 Å². The number of anilines is 1. The maximum atomic E-state index is 12.5. The second-order valence-corrected chi connectivity index (χ2v) is 6.36. The lowest BCUT2D eigenvalue weighted by molar-refractivity contribution is -0.152. The Bertz CT molecular complexity index is 658. The molecule has 1 aromatic rings. The third-order valence-electron chi connectivity index (χ3n) is 4.85. The number of carbonyl (C=O) groups is 3. The highest BCUT2D eigenvalue weighted by Crippen LogP contribution is 2.28. The van der Waals surface area contributed by atoms with Crippen molar-refractivity contribution in [1.29, 1.82) is 0 Å². The highest BCUT2D eigenvalue weighted by Gasteiger charge is 2.32. The zero-order valence-corrected chi connectivity index (χ0v) is 13.6. The number of rotatable bonds is 4. The third kappa shape index (κ3) is 3.27. The number of hydrogen-bond donors (Lipinski definition) is 1. The summed E-state index contributed by atoms with van der Waals surface area (Å²) >= 11 is 0. The van der Waals surface area contributed by atoms with E-state index in [1.54, 1.807) is 4.90 Å². The first-order valence-electron chi connectivity index (χ1n) is 8.48. The van der Waals surface area contributed by atoms with E-state index >= 15 is 0 Å². The molecule has 0 unspecified atom stereocenters. The van der Waals surface area contributed by atoms with Crippen LogP contribution in [0.2, 0.25) is 0 Å². The number of aliphatic carboxylic acids is 1. The number of carboxylic acid groups (broad SMARTS) is 1. The molecule has 0 saturated carbocycles. The molecule has 3 rings (SSSR count). The molecule has 1 saturated heterocycles. The summed E-state index contributed by atoms with van der Waals surface area (Å²) in [5, 5.41) is 9.29. The normalized spacial score (nSPS) is 20.7. The molecule has 2 amide bonds. The maximum Gasteiger partial charge on any atom is 0.326 e. The first kappa shape index (κ1) is 16.5. The second kappa shape index (κ2) is 7.03. The Morgan fingerprint density at radius 3 is 2.75 bits per heavy atom. The van der Waals surface area contributed by atoms with Crippen molar-refractivity contribution in [3.05, 3.63) is 29.8 Å². The van der Waals surface area contributed by atoms with Crippen molar-refractivity contribution in [2.24, 2.45) is 0 Å². The second-order valence-electron chi connectivity index (χ2n) is 6.36. The highest BCUT2D eigenvalue weighted by atomic mass is 16.4. The minimum absolute atomic E-state index is 0.0231.